The van der Waals surface area contributed by atoms with Crippen molar-refractivity contribution < 1.29 is 25.9 Å². The second-order valence-electron chi connectivity index (χ2n) is 14.1. The fraction of sp³-hybridized carbons (Fsp3) is 0.220. The molecule has 0 saturated carbocycles. The van der Waals surface area contributed by atoms with E-state index in [2.05, 4.69) is 45.3 Å². The van der Waals surface area contributed by atoms with Gasteiger partial charge in [-0.1, -0.05) is 18.2 Å². The van der Waals surface area contributed by atoms with Gasteiger partial charge < -0.3 is 0 Å². The Bertz CT molecular complexity index is 2710. The molecule has 0 bridgehead atoms. The molecule has 0 aliphatic heterocycles. The van der Waals surface area contributed by atoms with Gasteiger partial charge in [0.2, 0.25) is 0 Å². The number of benzene rings is 6. The van der Waals surface area contributed by atoms with Crippen molar-refractivity contribution in [1.29, 1.82) is 0 Å². The molecule has 56 heavy (non-hydrogen) atoms. The number of unbranched alkanes of at least 4 members (excludes halogenated alkanes) is 2. The van der Waals surface area contributed by atoms with Gasteiger partial charge in [0.25, 0.3) is 0 Å². The minimum absolute atomic E-state index is 0.0730. The Balaban J connectivity index is 1.41. The third-order valence-electron chi connectivity index (χ3n) is 10.1. The Morgan fingerprint density at radius 2 is 1.16 bits per heavy atom. The third kappa shape index (κ3) is 8.79. The van der Waals surface area contributed by atoms with E-state index in [-0.39, 0.29) is 32.2 Å². The van der Waals surface area contributed by atoms with Gasteiger partial charge in [0, 0.05) is 0 Å². The molecule has 0 spiro atoms. The van der Waals surface area contributed by atoms with Crippen LogP contribution in [0.1, 0.15) is 39.5 Å². The van der Waals surface area contributed by atoms with Gasteiger partial charge in [0.15, 0.2) is 0 Å². The van der Waals surface area contributed by atoms with E-state index in [0.29, 0.717) is 33.2 Å². The first kappa shape index (κ1) is 40.9. The molecule has 6 aromatic carbocycles. The van der Waals surface area contributed by atoms with E-state index in [1.165, 1.54) is 15.7 Å². The molecule has 290 valence electrons. The Morgan fingerprint density at radius 3 is 1.77 bits per heavy atom. The molecule has 0 saturated heterocycles. The average molecular weight is 900 g/mol. The molecule has 15 heteroatoms. The van der Waals surface area contributed by atoms with E-state index >= 15 is 0 Å². The zero-order chi connectivity index (χ0) is 40.3. The Kier molecular flexibility index (Phi) is 12.3. The van der Waals surface area contributed by atoms with E-state index in [1.807, 2.05) is 24.3 Å². The molecule has 6 aromatic rings. The van der Waals surface area contributed by atoms with E-state index in [9.17, 15) is 25.9 Å². The van der Waals surface area contributed by atoms with Crippen molar-refractivity contribution >= 4 is 97.9 Å². The first-order chi connectivity index (χ1) is 26.6. The molecule has 6 N–H and O–H groups in total. The summed E-state index contributed by atoms with van der Waals surface area (Å²) < 4.78 is 73.2. The molecule has 0 aromatic heterocycles. The van der Waals surface area contributed by atoms with E-state index < -0.39 is 38.6 Å². The third-order valence-corrected chi connectivity index (χ3v) is 25.2. The number of azo groups is 2. The summed E-state index contributed by atoms with van der Waals surface area (Å²) in [7, 11) is -9.23. The molecule has 0 unspecified atom stereocenters. The zero-order valence-electron chi connectivity index (χ0n) is 31.3. The van der Waals surface area contributed by atoms with Crippen LogP contribution in [-0.4, -0.2) is 44.3 Å². The fourth-order valence-electron chi connectivity index (χ4n) is 7.16. The number of hydrogen-bond donors (Lipinski definition) is 4. The van der Waals surface area contributed by atoms with Crippen molar-refractivity contribution in [2.75, 3.05) is 11.5 Å². The van der Waals surface area contributed by atoms with Crippen molar-refractivity contribution in [2.45, 2.75) is 63.1 Å². The number of hydrogen-bond acceptors (Lipinski definition) is 10. The number of fused-ring (bicyclic) bond motifs is 2. The first-order valence-electron chi connectivity index (χ1n) is 18.3. The van der Waals surface area contributed by atoms with Crippen LogP contribution >= 0.6 is 0 Å². The molecule has 0 aliphatic carbocycles. The summed E-state index contributed by atoms with van der Waals surface area (Å²) in [5.41, 5.74) is 16.4. The second-order valence-corrected chi connectivity index (χ2v) is 30.2. The van der Waals surface area contributed by atoms with Crippen LogP contribution in [0.3, 0.4) is 0 Å². The van der Waals surface area contributed by atoms with Crippen LogP contribution in [0.5, 0.6) is 0 Å². The van der Waals surface area contributed by atoms with Gasteiger partial charge in [-0.05, 0) is 0 Å². The van der Waals surface area contributed by atoms with Crippen molar-refractivity contribution in [2.24, 2.45) is 20.5 Å². The van der Waals surface area contributed by atoms with Crippen LogP contribution in [0.4, 0.5) is 34.1 Å². The summed E-state index contributed by atoms with van der Waals surface area (Å²) in [6, 6.07) is 29.4. The number of nitrogen functional groups attached to an aromatic ring is 2. The summed E-state index contributed by atoms with van der Waals surface area (Å²) in [6.45, 7) is 4.40. The molecule has 0 fully saturated rings. The van der Waals surface area contributed by atoms with Gasteiger partial charge in [-0.2, -0.15) is 0 Å². The summed E-state index contributed by atoms with van der Waals surface area (Å²) in [6.07, 6.45) is 4.37. The standard InChI is InChI=1S/C32H23N6O6S2.2C4H9.CH3.Sn/c33-27-17-29(32(46(42,43)44)26-8-4-1-5-23(26)27)38-36-22-15-11-20(12-16-22)19-9-13-21(14-10-19)35-37-28-18-30(45(39,40)41)24-6-2-3-7-25(24)31(28)34;2*1-3-4-2;;/h1-9,11-18H,33-34H2,(H,39,40,41)(H,42,43,44);2*1,3-4H2,2H3;1H3;. The van der Waals surface area contributed by atoms with Gasteiger partial charge in [-0.3, -0.25) is 0 Å². The van der Waals surface area contributed by atoms with Crippen molar-refractivity contribution in [3.8, 4) is 11.1 Å². The summed E-state index contributed by atoms with van der Waals surface area (Å²) in [5.74, 6) is 0. The number of anilines is 2. The summed E-state index contributed by atoms with van der Waals surface area (Å²) in [4.78, 5) is 1.82. The van der Waals surface area contributed by atoms with Gasteiger partial charge in [0.05, 0.1) is 0 Å². The average Bonchev–Trinajstić information content (AvgIpc) is 3.17. The molecule has 12 nitrogen and oxygen atoms in total. The van der Waals surface area contributed by atoms with Crippen LogP contribution in [-0.2, 0) is 20.2 Å². The van der Waals surface area contributed by atoms with E-state index in [1.54, 1.807) is 60.7 Å². The van der Waals surface area contributed by atoms with Crippen LogP contribution in [0.25, 0.3) is 32.7 Å². The predicted molar refractivity (Wildman–Crippen MR) is 227 cm³/mol. The fourth-order valence-corrected chi connectivity index (χ4v) is 21.3. The SMILES string of the molecule is CCC[CH2][Sn]([CH3])([CH2]CCC)[c]1cc(N=Nc2cc(S(=O)(=O)O)c3ccccc3c2N)ccc1-c1ccc(N=Nc2cc(N)c3ccccc3c2S(=O)(=O)O)cc1. The van der Waals surface area contributed by atoms with E-state index in [4.69, 9.17) is 11.5 Å². The molecule has 6 rings (SSSR count). The Hall–Kier alpha value is -4.74. The monoisotopic (exact) mass is 900 g/mol. The zero-order valence-corrected chi connectivity index (χ0v) is 35.8. The molecule has 0 heterocycles. The molecule has 0 radical (unpaired) electrons. The van der Waals surface area contributed by atoms with Gasteiger partial charge in [-0.25, -0.2) is 0 Å². The number of nitrogens with two attached hydrogens (primary N) is 2. The Labute approximate surface area is 331 Å². The number of rotatable bonds is 14. The molecule has 0 atom stereocenters. The molecular formula is C41H44N6O6S2Sn. The van der Waals surface area contributed by atoms with Crippen molar-refractivity contribution in [3.05, 3.63) is 103 Å². The normalized spacial score (nSPS) is 12.7. The quantitative estimate of drug-likeness (QED) is 0.0357. The van der Waals surface area contributed by atoms with Crippen LogP contribution in [0.15, 0.2) is 133 Å². The Morgan fingerprint density at radius 1 is 0.607 bits per heavy atom. The molecule has 0 aliphatic rings. The summed E-state index contributed by atoms with van der Waals surface area (Å²) in [5, 5.41) is 19.0. The summed E-state index contributed by atoms with van der Waals surface area (Å²) >= 11 is -3.08. The van der Waals surface area contributed by atoms with E-state index in [0.717, 1.165) is 45.7 Å². The molecular weight excluding hydrogens is 855 g/mol. The van der Waals surface area contributed by atoms with Crippen molar-refractivity contribution in [1.82, 2.24) is 0 Å². The number of nitrogens with zero attached hydrogens (tertiary/aromatic N) is 4. The van der Waals surface area contributed by atoms with Crippen LogP contribution in [0, 0.1) is 0 Å². The second kappa shape index (κ2) is 16.8. The van der Waals surface area contributed by atoms with Gasteiger partial charge in [0.1, 0.15) is 0 Å². The topological polar surface area (TPSA) is 210 Å². The maximum atomic E-state index is 12.5. The first-order valence-corrected chi connectivity index (χ1v) is 29.5. The molecule has 0 amide bonds. The van der Waals surface area contributed by atoms with Gasteiger partial charge in [-0.15, -0.1) is 0 Å². The van der Waals surface area contributed by atoms with Crippen LogP contribution < -0.4 is 15.0 Å². The maximum absolute atomic E-state index is 12.5. The van der Waals surface area contributed by atoms with Crippen LogP contribution in [0.2, 0.25) is 13.8 Å². The van der Waals surface area contributed by atoms with Crippen molar-refractivity contribution in [3.63, 3.8) is 0 Å². The van der Waals surface area contributed by atoms with Gasteiger partial charge >= 0.3 is 315 Å². The minimum atomic E-state index is -4.66. The predicted octanol–water partition coefficient (Wildman–Crippen LogP) is 11.0.